The van der Waals surface area contributed by atoms with E-state index in [0.29, 0.717) is 12.0 Å². The third-order valence-corrected chi connectivity index (χ3v) is 5.67. The summed E-state index contributed by atoms with van der Waals surface area (Å²) >= 11 is 0. The highest BCUT2D eigenvalue weighted by atomic mass is 127. The van der Waals surface area contributed by atoms with Crippen LogP contribution in [0, 0.1) is 5.92 Å². The van der Waals surface area contributed by atoms with Crippen molar-refractivity contribution in [1.82, 2.24) is 15.5 Å². The lowest BCUT2D eigenvalue weighted by atomic mass is 10.1. The zero-order valence-electron chi connectivity index (χ0n) is 16.9. The highest BCUT2D eigenvalue weighted by Crippen LogP contribution is 2.23. The molecule has 0 saturated carbocycles. The Kier molecular flexibility index (Phi) is 9.68. The number of halogens is 1. The molecule has 2 saturated heterocycles. The van der Waals surface area contributed by atoms with E-state index in [1.54, 1.807) is 0 Å². The summed E-state index contributed by atoms with van der Waals surface area (Å²) in [6, 6.07) is 11.4. The van der Waals surface area contributed by atoms with Gasteiger partial charge >= 0.3 is 0 Å². The van der Waals surface area contributed by atoms with Crippen LogP contribution in [0.5, 0.6) is 0 Å². The summed E-state index contributed by atoms with van der Waals surface area (Å²) in [5.41, 5.74) is 1.34. The molecule has 2 heterocycles. The highest BCUT2D eigenvalue weighted by Gasteiger charge is 2.24. The van der Waals surface area contributed by atoms with Crippen LogP contribution < -0.4 is 15.5 Å². The lowest BCUT2D eigenvalue weighted by Gasteiger charge is -2.24. The Morgan fingerprint density at radius 2 is 1.93 bits per heavy atom. The number of aliphatic imine (C=N–C) groups is 1. The largest absolute Gasteiger partial charge is 0.371 e. The number of para-hydroxylation sites is 1. The normalized spacial score (nSPS) is 23.3. The van der Waals surface area contributed by atoms with Crippen LogP contribution in [0.2, 0.25) is 0 Å². The summed E-state index contributed by atoms with van der Waals surface area (Å²) in [6.07, 6.45) is 3.85. The van der Waals surface area contributed by atoms with E-state index in [-0.39, 0.29) is 24.0 Å². The third kappa shape index (κ3) is 6.52. The number of anilines is 1. The van der Waals surface area contributed by atoms with E-state index in [1.807, 2.05) is 0 Å². The second-order valence-electron chi connectivity index (χ2n) is 7.46. The Morgan fingerprint density at radius 1 is 1.11 bits per heavy atom. The molecule has 2 N–H and O–H groups in total. The van der Waals surface area contributed by atoms with Gasteiger partial charge in [-0.3, -0.25) is 9.89 Å². The summed E-state index contributed by atoms with van der Waals surface area (Å²) in [7, 11) is 0. The van der Waals surface area contributed by atoms with E-state index in [0.717, 1.165) is 45.2 Å². The molecule has 0 aromatic heterocycles. The first-order valence-electron chi connectivity index (χ1n) is 10.4. The molecular formula is C21H36IN5. The summed E-state index contributed by atoms with van der Waals surface area (Å²) in [5.74, 6) is 1.62. The molecule has 1 aromatic rings. The third-order valence-electron chi connectivity index (χ3n) is 5.67. The average Bonchev–Trinajstić information content (AvgIpc) is 3.34. The second kappa shape index (κ2) is 11.7. The van der Waals surface area contributed by atoms with E-state index in [4.69, 9.17) is 4.99 Å². The van der Waals surface area contributed by atoms with Crippen LogP contribution in [-0.4, -0.2) is 62.7 Å². The first kappa shape index (κ1) is 22.3. The van der Waals surface area contributed by atoms with Crippen molar-refractivity contribution in [2.45, 2.75) is 39.2 Å². The van der Waals surface area contributed by atoms with Gasteiger partial charge in [0.05, 0.1) is 0 Å². The molecule has 2 fully saturated rings. The van der Waals surface area contributed by atoms with Crippen molar-refractivity contribution in [3.8, 4) is 0 Å². The lowest BCUT2D eigenvalue weighted by Crippen LogP contribution is -2.45. The first-order valence-corrected chi connectivity index (χ1v) is 10.4. The minimum atomic E-state index is 0. The Morgan fingerprint density at radius 3 is 2.67 bits per heavy atom. The molecule has 0 radical (unpaired) electrons. The molecule has 5 nitrogen and oxygen atoms in total. The standard InChI is InChI=1S/C21H35N5.HI/c1-3-22-21(24-16-20-11-8-13-25(20)4-2)23-15-18-12-14-26(17-18)19-9-6-5-7-10-19;/h5-7,9-10,18,20H,3-4,8,11-17H2,1-2H3,(H2,22,23,24);1H. The van der Waals surface area contributed by atoms with Gasteiger partial charge in [0.25, 0.3) is 0 Å². The van der Waals surface area contributed by atoms with Crippen LogP contribution >= 0.6 is 24.0 Å². The van der Waals surface area contributed by atoms with Crippen LogP contribution in [-0.2, 0) is 0 Å². The smallest absolute Gasteiger partial charge is 0.191 e. The molecule has 152 valence electrons. The molecule has 2 aliphatic heterocycles. The fourth-order valence-corrected chi connectivity index (χ4v) is 4.17. The topological polar surface area (TPSA) is 42.9 Å². The van der Waals surface area contributed by atoms with E-state index in [1.165, 1.54) is 31.5 Å². The number of hydrogen-bond donors (Lipinski definition) is 2. The molecule has 2 atom stereocenters. The number of likely N-dealkylation sites (tertiary alicyclic amines) is 1. The average molecular weight is 485 g/mol. The molecule has 2 unspecified atom stereocenters. The fourth-order valence-electron chi connectivity index (χ4n) is 4.17. The van der Waals surface area contributed by atoms with Gasteiger partial charge in [-0.2, -0.15) is 0 Å². The molecule has 2 aliphatic rings. The highest BCUT2D eigenvalue weighted by molar-refractivity contribution is 14.0. The van der Waals surface area contributed by atoms with Gasteiger partial charge in [0.2, 0.25) is 0 Å². The number of nitrogens with one attached hydrogen (secondary N) is 2. The minimum absolute atomic E-state index is 0. The number of likely N-dealkylation sites (N-methyl/N-ethyl adjacent to an activating group) is 1. The molecular weight excluding hydrogens is 449 g/mol. The van der Waals surface area contributed by atoms with Gasteiger partial charge in [-0.05, 0) is 57.3 Å². The van der Waals surface area contributed by atoms with Crippen molar-refractivity contribution < 1.29 is 0 Å². The van der Waals surface area contributed by atoms with Gasteiger partial charge in [0.15, 0.2) is 5.96 Å². The van der Waals surface area contributed by atoms with E-state index in [2.05, 4.69) is 64.6 Å². The summed E-state index contributed by atoms with van der Waals surface area (Å²) < 4.78 is 0. The van der Waals surface area contributed by atoms with Gasteiger partial charge < -0.3 is 15.5 Å². The number of hydrogen-bond acceptors (Lipinski definition) is 3. The summed E-state index contributed by atoms with van der Waals surface area (Å²) in [6.45, 7) is 11.9. The monoisotopic (exact) mass is 485 g/mol. The van der Waals surface area contributed by atoms with Gasteiger partial charge in [-0.25, -0.2) is 0 Å². The molecule has 3 rings (SSSR count). The zero-order valence-corrected chi connectivity index (χ0v) is 19.2. The van der Waals surface area contributed by atoms with Gasteiger partial charge in [-0.1, -0.05) is 25.1 Å². The van der Waals surface area contributed by atoms with Gasteiger partial charge in [-0.15, -0.1) is 24.0 Å². The van der Waals surface area contributed by atoms with Crippen molar-refractivity contribution >= 4 is 35.6 Å². The molecule has 0 bridgehead atoms. The van der Waals surface area contributed by atoms with Crippen LogP contribution in [0.15, 0.2) is 35.3 Å². The maximum Gasteiger partial charge on any atom is 0.191 e. The van der Waals surface area contributed by atoms with Gasteiger partial charge in [0.1, 0.15) is 0 Å². The van der Waals surface area contributed by atoms with E-state index in [9.17, 15) is 0 Å². The minimum Gasteiger partial charge on any atom is -0.371 e. The number of rotatable bonds is 7. The van der Waals surface area contributed by atoms with Crippen LogP contribution in [0.1, 0.15) is 33.1 Å². The first-order chi connectivity index (χ1) is 12.8. The molecule has 6 heteroatoms. The van der Waals surface area contributed by atoms with Crippen molar-refractivity contribution in [3.05, 3.63) is 30.3 Å². The summed E-state index contributed by atoms with van der Waals surface area (Å²) in [5, 5.41) is 6.99. The Hall–Kier alpha value is -1.02. The van der Waals surface area contributed by atoms with Crippen LogP contribution in [0.4, 0.5) is 5.69 Å². The Bertz CT molecular complexity index is 565. The molecule has 1 aromatic carbocycles. The molecule has 27 heavy (non-hydrogen) atoms. The van der Waals surface area contributed by atoms with E-state index < -0.39 is 0 Å². The maximum atomic E-state index is 4.88. The molecule has 0 amide bonds. The zero-order chi connectivity index (χ0) is 18.2. The lowest BCUT2D eigenvalue weighted by molar-refractivity contribution is 0.267. The second-order valence-corrected chi connectivity index (χ2v) is 7.46. The number of guanidine groups is 1. The number of nitrogens with zero attached hydrogens (tertiary/aromatic N) is 3. The van der Waals surface area contributed by atoms with Crippen molar-refractivity contribution in [3.63, 3.8) is 0 Å². The van der Waals surface area contributed by atoms with Crippen LogP contribution in [0.25, 0.3) is 0 Å². The summed E-state index contributed by atoms with van der Waals surface area (Å²) in [4.78, 5) is 9.94. The quantitative estimate of drug-likeness (QED) is 0.354. The SMILES string of the molecule is CCNC(=NCC1CCN(c2ccccc2)C1)NCC1CCCN1CC.I. The Labute approximate surface area is 182 Å². The Balaban J connectivity index is 0.00000261. The fraction of sp³-hybridized carbons (Fsp3) is 0.667. The van der Waals surface area contributed by atoms with Crippen LogP contribution in [0.3, 0.4) is 0 Å². The van der Waals surface area contributed by atoms with E-state index >= 15 is 0 Å². The van der Waals surface area contributed by atoms with Crippen molar-refractivity contribution in [1.29, 1.82) is 0 Å². The predicted octanol–water partition coefficient (Wildman–Crippen LogP) is 3.17. The van der Waals surface area contributed by atoms with Crippen molar-refractivity contribution in [2.75, 3.05) is 50.7 Å². The molecule has 0 aliphatic carbocycles. The maximum absolute atomic E-state index is 4.88. The van der Waals surface area contributed by atoms with Crippen molar-refractivity contribution in [2.24, 2.45) is 10.9 Å². The van der Waals surface area contributed by atoms with Gasteiger partial charge in [0, 0.05) is 44.5 Å². The molecule has 0 spiro atoms. The number of benzene rings is 1. The predicted molar refractivity (Wildman–Crippen MR) is 126 cm³/mol.